The molecule has 2 N–H and O–H groups in total. The van der Waals surface area contributed by atoms with Gasteiger partial charge in [-0.1, -0.05) is 18.6 Å². The molecule has 4 nitrogen and oxygen atoms in total. The fourth-order valence-corrected chi connectivity index (χ4v) is 3.56. The van der Waals surface area contributed by atoms with Crippen LogP contribution in [0.4, 0.5) is 5.69 Å². The summed E-state index contributed by atoms with van der Waals surface area (Å²) in [4.78, 5) is 17.4. The molecule has 2 heterocycles. The molecule has 2 aliphatic rings. The highest BCUT2D eigenvalue weighted by Gasteiger charge is 2.32. The molecule has 2 fully saturated rings. The summed E-state index contributed by atoms with van der Waals surface area (Å²) in [6.07, 6.45) is 3.85. The molecule has 1 aromatic carbocycles. The lowest BCUT2D eigenvalue weighted by atomic mass is 9.96. The topological polar surface area (TPSA) is 49.6 Å². The molecule has 0 radical (unpaired) electrons. The number of anilines is 1. The van der Waals surface area contributed by atoms with Crippen LogP contribution in [0.1, 0.15) is 37.7 Å². The van der Waals surface area contributed by atoms with E-state index in [0.717, 1.165) is 30.9 Å². The Morgan fingerprint density at radius 2 is 1.95 bits per heavy atom. The first-order valence-corrected chi connectivity index (χ1v) is 8.03. The van der Waals surface area contributed by atoms with Crippen molar-refractivity contribution in [2.24, 2.45) is 0 Å². The summed E-state index contributed by atoms with van der Waals surface area (Å²) in [6.45, 7) is 6.01. The summed E-state index contributed by atoms with van der Waals surface area (Å²) in [5, 5.41) is 0. The van der Waals surface area contributed by atoms with E-state index in [2.05, 4.69) is 9.80 Å². The first kappa shape index (κ1) is 14.4. The van der Waals surface area contributed by atoms with Crippen LogP contribution in [0.25, 0.3) is 0 Å². The maximum absolute atomic E-state index is 12.7. The molecule has 21 heavy (non-hydrogen) atoms. The number of piperazine rings is 1. The molecule has 2 atom stereocenters. The average Bonchev–Trinajstić information content (AvgIpc) is 2.54. The number of fused-ring (bicyclic) bond motifs is 1. The van der Waals surface area contributed by atoms with Gasteiger partial charge < -0.3 is 10.6 Å². The van der Waals surface area contributed by atoms with Crippen molar-refractivity contribution < 1.29 is 4.79 Å². The summed E-state index contributed by atoms with van der Waals surface area (Å²) >= 11 is 0. The van der Waals surface area contributed by atoms with Gasteiger partial charge in [0.2, 0.25) is 5.91 Å². The average molecular weight is 287 g/mol. The van der Waals surface area contributed by atoms with Gasteiger partial charge in [-0.2, -0.15) is 0 Å². The second-order valence-electron chi connectivity index (χ2n) is 6.36. The molecule has 2 saturated heterocycles. The van der Waals surface area contributed by atoms with E-state index < -0.39 is 0 Å². The summed E-state index contributed by atoms with van der Waals surface area (Å²) < 4.78 is 0. The smallest absolute Gasteiger partial charge is 0.229 e. The van der Waals surface area contributed by atoms with Crippen LogP contribution in [-0.2, 0) is 4.79 Å². The van der Waals surface area contributed by atoms with Crippen molar-refractivity contribution in [3.05, 3.63) is 29.8 Å². The van der Waals surface area contributed by atoms with Crippen molar-refractivity contribution >= 4 is 11.6 Å². The number of nitrogen functional groups attached to an aromatic ring is 1. The molecule has 2 unspecified atom stereocenters. The summed E-state index contributed by atoms with van der Waals surface area (Å²) in [7, 11) is 0. The Morgan fingerprint density at radius 1 is 1.19 bits per heavy atom. The fraction of sp³-hybridized carbons (Fsp3) is 0.588. The van der Waals surface area contributed by atoms with E-state index in [1.165, 1.54) is 25.8 Å². The SMILES string of the molecule is CC(C(=O)N1CCN2CCCCC2C1)c1ccc(N)cc1. The van der Waals surface area contributed by atoms with Crippen molar-refractivity contribution in [2.45, 2.75) is 38.1 Å². The summed E-state index contributed by atoms with van der Waals surface area (Å²) in [5.74, 6) is 0.172. The maximum atomic E-state index is 12.7. The van der Waals surface area contributed by atoms with E-state index in [1.54, 1.807) is 0 Å². The quantitative estimate of drug-likeness (QED) is 0.847. The summed E-state index contributed by atoms with van der Waals surface area (Å²) in [6, 6.07) is 8.26. The number of rotatable bonds is 2. The predicted molar refractivity (Wildman–Crippen MR) is 85.1 cm³/mol. The highest BCUT2D eigenvalue weighted by molar-refractivity contribution is 5.83. The van der Waals surface area contributed by atoms with Gasteiger partial charge in [-0.05, 0) is 44.0 Å². The molecule has 3 rings (SSSR count). The second kappa shape index (κ2) is 6.06. The molecular formula is C17H25N3O. The molecule has 114 valence electrons. The fourth-order valence-electron chi connectivity index (χ4n) is 3.56. The molecule has 0 bridgehead atoms. The van der Waals surface area contributed by atoms with Crippen LogP contribution in [0.5, 0.6) is 0 Å². The van der Waals surface area contributed by atoms with Gasteiger partial charge in [-0.25, -0.2) is 0 Å². The van der Waals surface area contributed by atoms with Crippen molar-refractivity contribution in [1.82, 2.24) is 9.80 Å². The number of piperidine rings is 1. The van der Waals surface area contributed by atoms with Crippen LogP contribution in [0.15, 0.2) is 24.3 Å². The third-order valence-corrected chi connectivity index (χ3v) is 4.96. The Balaban J connectivity index is 1.66. The van der Waals surface area contributed by atoms with Crippen molar-refractivity contribution in [3.8, 4) is 0 Å². The number of carbonyl (C=O) groups is 1. The Bertz CT molecular complexity index is 499. The van der Waals surface area contributed by atoms with Gasteiger partial charge >= 0.3 is 0 Å². The van der Waals surface area contributed by atoms with E-state index in [4.69, 9.17) is 5.73 Å². The third kappa shape index (κ3) is 3.05. The number of amides is 1. The van der Waals surface area contributed by atoms with Gasteiger partial charge in [-0.3, -0.25) is 9.69 Å². The Labute approximate surface area is 126 Å². The van der Waals surface area contributed by atoms with Gasteiger partial charge in [0.15, 0.2) is 0 Å². The number of benzene rings is 1. The number of nitrogens with two attached hydrogens (primary N) is 1. The van der Waals surface area contributed by atoms with E-state index in [1.807, 2.05) is 31.2 Å². The lowest BCUT2D eigenvalue weighted by Crippen LogP contribution is -2.56. The van der Waals surface area contributed by atoms with Crippen LogP contribution in [-0.4, -0.2) is 47.9 Å². The van der Waals surface area contributed by atoms with Crippen molar-refractivity contribution in [2.75, 3.05) is 31.9 Å². The zero-order valence-electron chi connectivity index (χ0n) is 12.8. The van der Waals surface area contributed by atoms with Crippen LogP contribution in [0.2, 0.25) is 0 Å². The number of hydrogen-bond donors (Lipinski definition) is 1. The van der Waals surface area contributed by atoms with Gasteiger partial charge in [0.05, 0.1) is 5.92 Å². The first-order chi connectivity index (χ1) is 10.1. The Hall–Kier alpha value is -1.55. The highest BCUT2D eigenvalue weighted by Crippen LogP contribution is 2.25. The monoisotopic (exact) mass is 287 g/mol. The molecule has 1 amide bonds. The Kier molecular flexibility index (Phi) is 4.15. The minimum atomic E-state index is -0.0826. The minimum absolute atomic E-state index is 0.0826. The van der Waals surface area contributed by atoms with Gasteiger partial charge in [-0.15, -0.1) is 0 Å². The second-order valence-corrected chi connectivity index (χ2v) is 6.36. The summed E-state index contributed by atoms with van der Waals surface area (Å²) in [5.41, 5.74) is 7.52. The predicted octanol–water partition coefficient (Wildman–Crippen LogP) is 2.07. The van der Waals surface area contributed by atoms with E-state index >= 15 is 0 Å². The van der Waals surface area contributed by atoms with Gasteiger partial charge in [0.1, 0.15) is 0 Å². The first-order valence-electron chi connectivity index (χ1n) is 8.03. The molecule has 0 saturated carbocycles. The normalized spacial score (nSPS) is 24.4. The van der Waals surface area contributed by atoms with Crippen LogP contribution in [0.3, 0.4) is 0 Å². The molecule has 0 aromatic heterocycles. The van der Waals surface area contributed by atoms with Crippen LogP contribution >= 0.6 is 0 Å². The van der Waals surface area contributed by atoms with Crippen molar-refractivity contribution in [1.29, 1.82) is 0 Å². The van der Waals surface area contributed by atoms with Crippen molar-refractivity contribution in [3.63, 3.8) is 0 Å². The molecule has 0 spiro atoms. The van der Waals surface area contributed by atoms with Crippen LogP contribution < -0.4 is 5.73 Å². The molecule has 1 aromatic rings. The van der Waals surface area contributed by atoms with Gasteiger partial charge in [0, 0.05) is 31.4 Å². The molecule has 2 aliphatic heterocycles. The minimum Gasteiger partial charge on any atom is -0.399 e. The standard InChI is InChI=1S/C17H25N3O/c1-13(14-5-7-15(18)8-6-14)17(21)20-11-10-19-9-3-2-4-16(19)12-20/h5-8,13,16H,2-4,9-12,18H2,1H3. The van der Waals surface area contributed by atoms with Crippen LogP contribution in [0, 0.1) is 0 Å². The Morgan fingerprint density at radius 3 is 2.71 bits per heavy atom. The molecule has 0 aliphatic carbocycles. The number of hydrogen-bond acceptors (Lipinski definition) is 3. The van der Waals surface area contributed by atoms with Gasteiger partial charge in [0.25, 0.3) is 0 Å². The molecular weight excluding hydrogens is 262 g/mol. The zero-order valence-corrected chi connectivity index (χ0v) is 12.8. The van der Waals surface area contributed by atoms with E-state index in [-0.39, 0.29) is 11.8 Å². The highest BCUT2D eigenvalue weighted by atomic mass is 16.2. The molecule has 4 heteroatoms. The number of nitrogens with zero attached hydrogens (tertiary/aromatic N) is 2. The largest absolute Gasteiger partial charge is 0.399 e. The third-order valence-electron chi connectivity index (χ3n) is 4.96. The maximum Gasteiger partial charge on any atom is 0.229 e. The zero-order chi connectivity index (χ0) is 14.8. The lowest BCUT2D eigenvalue weighted by Gasteiger charge is -2.44. The number of carbonyl (C=O) groups excluding carboxylic acids is 1. The lowest BCUT2D eigenvalue weighted by molar-refractivity contribution is -0.136. The van der Waals surface area contributed by atoms with E-state index in [0.29, 0.717) is 6.04 Å². The van der Waals surface area contributed by atoms with E-state index in [9.17, 15) is 4.79 Å².